The van der Waals surface area contributed by atoms with Crippen LogP contribution < -0.4 is 15.5 Å². The quantitative estimate of drug-likeness (QED) is 0.567. The lowest BCUT2D eigenvalue weighted by atomic mass is 10.1. The largest absolute Gasteiger partial charge is 0.363 e. The Labute approximate surface area is 180 Å². The van der Waals surface area contributed by atoms with Crippen LogP contribution in [0.25, 0.3) is 10.9 Å². The maximum Gasteiger partial charge on any atom is 0.191 e. The number of guanidine groups is 1. The SMILES string of the molecule is CCNC(=NCc1cc(N(C)C)nc2ccccc12)NC1CCN(C2CCCC2)C1. The molecule has 1 aliphatic heterocycles. The number of para-hydroxylation sites is 1. The molecule has 1 saturated heterocycles. The summed E-state index contributed by atoms with van der Waals surface area (Å²) in [5, 5.41) is 8.32. The van der Waals surface area contributed by atoms with E-state index in [9.17, 15) is 0 Å². The van der Waals surface area contributed by atoms with Gasteiger partial charge in [0, 0.05) is 51.2 Å². The van der Waals surface area contributed by atoms with Crippen molar-refractivity contribution in [2.45, 2.75) is 57.7 Å². The molecule has 1 atom stereocenters. The lowest BCUT2D eigenvalue weighted by molar-refractivity contribution is 0.242. The van der Waals surface area contributed by atoms with Crippen LogP contribution in [0.15, 0.2) is 35.3 Å². The molecule has 0 spiro atoms. The van der Waals surface area contributed by atoms with Crippen LogP contribution in [0.3, 0.4) is 0 Å². The van der Waals surface area contributed by atoms with Crippen molar-refractivity contribution >= 4 is 22.7 Å². The van der Waals surface area contributed by atoms with E-state index >= 15 is 0 Å². The Bertz CT molecular complexity index is 871. The summed E-state index contributed by atoms with van der Waals surface area (Å²) < 4.78 is 0. The van der Waals surface area contributed by atoms with Gasteiger partial charge in [0.2, 0.25) is 0 Å². The van der Waals surface area contributed by atoms with Gasteiger partial charge in [0.05, 0.1) is 12.1 Å². The monoisotopic (exact) mass is 408 g/mol. The minimum absolute atomic E-state index is 0.481. The molecule has 1 aromatic heterocycles. The number of nitrogens with zero attached hydrogens (tertiary/aromatic N) is 4. The first-order chi connectivity index (χ1) is 14.6. The Morgan fingerprint density at radius 3 is 2.77 bits per heavy atom. The molecular formula is C24H36N6. The highest BCUT2D eigenvalue weighted by Crippen LogP contribution is 2.26. The van der Waals surface area contributed by atoms with Gasteiger partial charge in [-0.25, -0.2) is 9.98 Å². The summed E-state index contributed by atoms with van der Waals surface area (Å²) in [6, 6.07) is 11.8. The van der Waals surface area contributed by atoms with Gasteiger partial charge in [-0.05, 0) is 43.9 Å². The topological polar surface area (TPSA) is 55.8 Å². The Kier molecular flexibility index (Phi) is 6.72. The third kappa shape index (κ3) is 4.86. The second-order valence-corrected chi connectivity index (χ2v) is 8.81. The van der Waals surface area contributed by atoms with Crippen LogP contribution in [0.1, 0.15) is 44.6 Å². The van der Waals surface area contributed by atoms with Crippen molar-refractivity contribution < 1.29 is 0 Å². The van der Waals surface area contributed by atoms with Crippen molar-refractivity contribution in [2.24, 2.45) is 4.99 Å². The number of fused-ring (bicyclic) bond motifs is 1. The Balaban J connectivity index is 1.48. The zero-order chi connectivity index (χ0) is 20.9. The van der Waals surface area contributed by atoms with E-state index in [-0.39, 0.29) is 0 Å². The van der Waals surface area contributed by atoms with Crippen LogP contribution in [0, 0.1) is 0 Å². The number of rotatable bonds is 6. The fraction of sp³-hybridized carbons (Fsp3) is 0.583. The van der Waals surface area contributed by atoms with Gasteiger partial charge in [-0.3, -0.25) is 4.90 Å². The second kappa shape index (κ2) is 9.65. The van der Waals surface area contributed by atoms with Gasteiger partial charge >= 0.3 is 0 Å². The number of aromatic nitrogens is 1. The van der Waals surface area contributed by atoms with Crippen LogP contribution in [0.2, 0.25) is 0 Å². The molecule has 30 heavy (non-hydrogen) atoms. The molecule has 6 nitrogen and oxygen atoms in total. The minimum Gasteiger partial charge on any atom is -0.363 e. The molecule has 2 aromatic rings. The molecule has 0 radical (unpaired) electrons. The standard InChI is InChI=1S/C24H36N6/c1-4-25-24(27-19-13-14-30(17-19)20-9-5-6-10-20)26-16-18-15-23(29(2)3)28-22-12-8-7-11-21(18)22/h7-8,11-12,15,19-20H,4-6,9-10,13-14,16-17H2,1-3H3,(H2,25,26,27). The summed E-state index contributed by atoms with van der Waals surface area (Å²) in [5.74, 6) is 1.89. The molecule has 1 aromatic carbocycles. The first kappa shape index (κ1) is 20.9. The Morgan fingerprint density at radius 1 is 1.20 bits per heavy atom. The maximum absolute atomic E-state index is 4.95. The fourth-order valence-electron chi connectivity index (χ4n) is 4.78. The average Bonchev–Trinajstić information content (AvgIpc) is 3.43. The molecular weight excluding hydrogens is 372 g/mol. The number of anilines is 1. The van der Waals surface area contributed by atoms with Crippen molar-refractivity contribution in [3.8, 4) is 0 Å². The molecule has 1 unspecified atom stereocenters. The second-order valence-electron chi connectivity index (χ2n) is 8.81. The molecule has 2 heterocycles. The summed E-state index contributed by atoms with van der Waals surface area (Å²) in [6.45, 7) is 5.98. The third-order valence-electron chi connectivity index (χ3n) is 6.40. The average molecular weight is 409 g/mol. The van der Waals surface area contributed by atoms with Gasteiger partial charge in [0.15, 0.2) is 5.96 Å². The predicted octanol–water partition coefficient (Wildman–Crippen LogP) is 3.37. The predicted molar refractivity (Wildman–Crippen MR) is 126 cm³/mol. The van der Waals surface area contributed by atoms with Crippen LogP contribution in [0.5, 0.6) is 0 Å². The zero-order valence-corrected chi connectivity index (χ0v) is 18.7. The van der Waals surface area contributed by atoms with E-state index < -0.39 is 0 Å². The highest BCUT2D eigenvalue weighted by molar-refractivity contribution is 5.85. The van der Waals surface area contributed by atoms with Gasteiger partial charge in [-0.2, -0.15) is 0 Å². The summed E-state index contributed by atoms with van der Waals surface area (Å²) >= 11 is 0. The summed E-state index contributed by atoms with van der Waals surface area (Å²) in [5.41, 5.74) is 2.23. The number of pyridine rings is 1. The van der Waals surface area contributed by atoms with Crippen LogP contribution in [-0.2, 0) is 6.54 Å². The third-order valence-corrected chi connectivity index (χ3v) is 6.40. The normalized spacial score (nSPS) is 20.8. The first-order valence-corrected chi connectivity index (χ1v) is 11.5. The van der Waals surface area contributed by atoms with E-state index in [0.29, 0.717) is 12.6 Å². The van der Waals surface area contributed by atoms with Crippen molar-refractivity contribution in [1.29, 1.82) is 0 Å². The number of hydrogen-bond donors (Lipinski definition) is 2. The lowest BCUT2D eigenvalue weighted by Gasteiger charge is -2.24. The molecule has 4 rings (SSSR count). The van der Waals surface area contributed by atoms with E-state index in [2.05, 4.69) is 51.6 Å². The van der Waals surface area contributed by atoms with Gasteiger partial charge < -0.3 is 15.5 Å². The molecule has 0 bridgehead atoms. The minimum atomic E-state index is 0.481. The van der Waals surface area contributed by atoms with Gasteiger partial charge in [-0.15, -0.1) is 0 Å². The Hall–Kier alpha value is -2.34. The van der Waals surface area contributed by atoms with Crippen LogP contribution in [0.4, 0.5) is 5.82 Å². The Morgan fingerprint density at radius 2 is 2.00 bits per heavy atom. The summed E-state index contributed by atoms with van der Waals surface area (Å²) in [7, 11) is 4.07. The molecule has 6 heteroatoms. The number of nitrogens with one attached hydrogen (secondary N) is 2. The number of benzene rings is 1. The smallest absolute Gasteiger partial charge is 0.191 e. The van der Waals surface area contributed by atoms with Crippen molar-refractivity contribution in [1.82, 2.24) is 20.5 Å². The van der Waals surface area contributed by atoms with Crippen molar-refractivity contribution in [3.05, 3.63) is 35.9 Å². The van der Waals surface area contributed by atoms with Gasteiger partial charge in [-0.1, -0.05) is 31.0 Å². The summed E-state index contributed by atoms with van der Waals surface area (Å²) in [6.07, 6.45) is 6.76. The van der Waals surface area contributed by atoms with E-state index in [1.54, 1.807) is 0 Å². The molecule has 162 valence electrons. The molecule has 2 aliphatic rings. The van der Waals surface area contributed by atoms with Gasteiger partial charge in [0.1, 0.15) is 5.82 Å². The fourth-order valence-corrected chi connectivity index (χ4v) is 4.78. The molecule has 2 N–H and O–H groups in total. The van der Waals surface area contributed by atoms with Crippen LogP contribution in [-0.4, -0.2) is 61.7 Å². The first-order valence-electron chi connectivity index (χ1n) is 11.5. The van der Waals surface area contributed by atoms with E-state index in [1.165, 1.54) is 49.6 Å². The number of hydrogen-bond acceptors (Lipinski definition) is 4. The summed E-state index contributed by atoms with van der Waals surface area (Å²) in [4.78, 5) is 14.5. The highest BCUT2D eigenvalue weighted by Gasteiger charge is 2.30. The molecule has 1 aliphatic carbocycles. The zero-order valence-electron chi connectivity index (χ0n) is 18.7. The van der Waals surface area contributed by atoms with Crippen LogP contribution >= 0.6 is 0 Å². The van der Waals surface area contributed by atoms with Gasteiger partial charge in [0.25, 0.3) is 0 Å². The highest BCUT2D eigenvalue weighted by atomic mass is 15.3. The van der Waals surface area contributed by atoms with Crippen molar-refractivity contribution in [3.63, 3.8) is 0 Å². The molecule has 2 fully saturated rings. The molecule has 0 amide bonds. The van der Waals surface area contributed by atoms with E-state index in [0.717, 1.165) is 36.4 Å². The molecule has 1 saturated carbocycles. The lowest BCUT2D eigenvalue weighted by Crippen LogP contribution is -2.45. The number of aliphatic imine (C=N–C) groups is 1. The van der Waals surface area contributed by atoms with E-state index in [1.807, 2.05) is 20.2 Å². The van der Waals surface area contributed by atoms with E-state index in [4.69, 9.17) is 9.98 Å². The number of likely N-dealkylation sites (tertiary alicyclic amines) is 1. The maximum atomic E-state index is 4.95. The van der Waals surface area contributed by atoms with Crippen molar-refractivity contribution in [2.75, 3.05) is 38.6 Å².